The first kappa shape index (κ1) is 58.8. The van der Waals surface area contributed by atoms with Gasteiger partial charge in [-0.05, 0) is 64.2 Å². The number of halogens is 1. The Bertz CT molecular complexity index is 798. The molecule has 0 spiro atoms. The molecular formula is C49H98BrNO6. The molecule has 8 heteroatoms. The number of allylic oxidation sites excluding steroid dienone is 4. The number of ether oxygens (including phenoxy) is 5. The second-order valence-electron chi connectivity index (χ2n) is 16.8. The van der Waals surface area contributed by atoms with Crippen LogP contribution in [0.25, 0.3) is 0 Å². The van der Waals surface area contributed by atoms with Gasteiger partial charge in [-0.15, -0.1) is 0 Å². The minimum atomic E-state index is 0. The standard InChI is InChI=1S/C49H98NO6.BrH/c1-5-7-9-11-13-15-17-19-21-23-25-27-29-31-33-35-39-55-48-49(47-50(3,4)37-41-52-43-45-54-46-44-53-42-38-51)56-40-36-34-32-30-28-26-24-22-20-18-16-14-12-10-8-6-2;/h19-22,49,51H,5-18,23-48H2,1-4H3;1H/q+1;/p-1/b21-19-,22-20-;. The first-order valence-electron chi connectivity index (χ1n) is 24.2. The van der Waals surface area contributed by atoms with Crippen molar-refractivity contribution in [3.63, 3.8) is 0 Å². The van der Waals surface area contributed by atoms with Crippen molar-refractivity contribution in [2.24, 2.45) is 0 Å². The van der Waals surface area contributed by atoms with Crippen LogP contribution in [0.1, 0.15) is 194 Å². The van der Waals surface area contributed by atoms with E-state index in [1.165, 1.54) is 167 Å². The van der Waals surface area contributed by atoms with Gasteiger partial charge in [-0.1, -0.05) is 154 Å². The molecule has 0 aromatic rings. The van der Waals surface area contributed by atoms with E-state index in [4.69, 9.17) is 28.8 Å². The van der Waals surface area contributed by atoms with E-state index in [1.54, 1.807) is 0 Å². The van der Waals surface area contributed by atoms with E-state index in [-0.39, 0.29) is 29.7 Å². The molecule has 1 N–H and O–H groups in total. The van der Waals surface area contributed by atoms with Crippen molar-refractivity contribution in [2.75, 3.05) is 93.3 Å². The monoisotopic (exact) mass is 876 g/mol. The summed E-state index contributed by atoms with van der Waals surface area (Å²) >= 11 is 0. The zero-order chi connectivity index (χ0) is 40.7. The van der Waals surface area contributed by atoms with Crippen LogP contribution >= 0.6 is 0 Å². The molecule has 0 amide bonds. The largest absolute Gasteiger partial charge is 1.00 e. The average molecular weight is 877 g/mol. The fraction of sp³-hybridized carbons (Fsp3) is 0.918. The number of aliphatic hydroxyl groups is 1. The Balaban J connectivity index is 0. The van der Waals surface area contributed by atoms with Crippen LogP contribution in [-0.2, 0) is 23.7 Å². The molecule has 0 fully saturated rings. The van der Waals surface area contributed by atoms with Crippen molar-refractivity contribution in [1.29, 1.82) is 0 Å². The van der Waals surface area contributed by atoms with Gasteiger partial charge in [0.15, 0.2) is 0 Å². The number of unbranched alkanes of at least 4 members (excludes halogenated alkanes) is 24. The maximum absolute atomic E-state index is 8.77. The lowest BCUT2D eigenvalue weighted by Gasteiger charge is -2.33. The minimum Gasteiger partial charge on any atom is -1.00 e. The van der Waals surface area contributed by atoms with E-state index < -0.39 is 0 Å². The minimum absolute atomic E-state index is 0. The highest BCUT2D eigenvalue weighted by Crippen LogP contribution is 2.13. The third-order valence-corrected chi connectivity index (χ3v) is 10.6. The molecule has 0 heterocycles. The van der Waals surface area contributed by atoms with Crippen LogP contribution in [0.4, 0.5) is 0 Å². The lowest BCUT2D eigenvalue weighted by atomic mass is 10.1. The summed E-state index contributed by atoms with van der Waals surface area (Å²) in [7, 11) is 4.54. The second kappa shape index (κ2) is 50.0. The predicted molar refractivity (Wildman–Crippen MR) is 241 cm³/mol. The van der Waals surface area contributed by atoms with E-state index >= 15 is 0 Å². The number of quaternary nitrogens is 1. The van der Waals surface area contributed by atoms with Gasteiger partial charge >= 0.3 is 0 Å². The van der Waals surface area contributed by atoms with Crippen molar-refractivity contribution in [2.45, 2.75) is 200 Å². The summed E-state index contributed by atoms with van der Waals surface area (Å²) in [5.74, 6) is 0. The highest BCUT2D eigenvalue weighted by atomic mass is 79.9. The lowest BCUT2D eigenvalue weighted by Crippen LogP contribution is -3.00. The van der Waals surface area contributed by atoms with Gasteiger partial charge in [0.25, 0.3) is 0 Å². The highest BCUT2D eigenvalue weighted by Gasteiger charge is 2.23. The van der Waals surface area contributed by atoms with E-state index in [0.717, 1.165) is 43.6 Å². The normalized spacial score (nSPS) is 12.6. The van der Waals surface area contributed by atoms with Crippen LogP contribution < -0.4 is 17.0 Å². The number of hydrogen-bond acceptors (Lipinski definition) is 6. The number of likely N-dealkylation sites (N-methyl/N-ethyl adjacent to an activating group) is 1. The van der Waals surface area contributed by atoms with Gasteiger partial charge in [0.05, 0.1) is 67.0 Å². The molecule has 0 aliphatic carbocycles. The molecule has 0 bridgehead atoms. The molecule has 0 saturated carbocycles. The fourth-order valence-corrected chi connectivity index (χ4v) is 6.98. The van der Waals surface area contributed by atoms with E-state index in [2.05, 4.69) is 52.2 Å². The second-order valence-corrected chi connectivity index (χ2v) is 16.8. The Hall–Kier alpha value is -0.320. The summed E-state index contributed by atoms with van der Waals surface area (Å²) in [6.45, 7) is 12.0. The molecule has 0 aliphatic heterocycles. The van der Waals surface area contributed by atoms with Crippen LogP contribution in [0, 0.1) is 0 Å². The zero-order valence-electron chi connectivity index (χ0n) is 38.5. The van der Waals surface area contributed by atoms with Crippen LogP contribution in [0.2, 0.25) is 0 Å². The Morgan fingerprint density at radius 2 is 0.789 bits per heavy atom. The third-order valence-electron chi connectivity index (χ3n) is 10.6. The van der Waals surface area contributed by atoms with Crippen LogP contribution in [0.3, 0.4) is 0 Å². The van der Waals surface area contributed by atoms with Crippen molar-refractivity contribution in [3.8, 4) is 0 Å². The van der Waals surface area contributed by atoms with Gasteiger partial charge in [-0.25, -0.2) is 0 Å². The van der Waals surface area contributed by atoms with Crippen molar-refractivity contribution >= 4 is 0 Å². The van der Waals surface area contributed by atoms with Gasteiger partial charge in [-0.3, -0.25) is 0 Å². The Kier molecular flexibility index (Phi) is 51.6. The summed E-state index contributed by atoms with van der Waals surface area (Å²) < 4.78 is 30.2. The molecule has 342 valence electrons. The Morgan fingerprint density at radius 3 is 1.23 bits per heavy atom. The van der Waals surface area contributed by atoms with Gasteiger partial charge in [-0.2, -0.15) is 0 Å². The Morgan fingerprint density at radius 1 is 0.421 bits per heavy atom. The van der Waals surface area contributed by atoms with E-state index in [1.807, 2.05) is 0 Å². The summed E-state index contributed by atoms with van der Waals surface area (Å²) in [5, 5.41) is 8.77. The van der Waals surface area contributed by atoms with Crippen LogP contribution in [-0.4, -0.2) is 109 Å². The zero-order valence-corrected chi connectivity index (χ0v) is 40.1. The van der Waals surface area contributed by atoms with E-state index in [0.29, 0.717) is 46.2 Å². The van der Waals surface area contributed by atoms with Crippen LogP contribution in [0.5, 0.6) is 0 Å². The van der Waals surface area contributed by atoms with Gasteiger partial charge in [0, 0.05) is 13.2 Å². The smallest absolute Gasteiger partial charge is 0.130 e. The average Bonchev–Trinajstić information content (AvgIpc) is 3.19. The van der Waals surface area contributed by atoms with Crippen molar-refractivity contribution in [3.05, 3.63) is 24.3 Å². The van der Waals surface area contributed by atoms with Gasteiger partial charge in [0.2, 0.25) is 0 Å². The third kappa shape index (κ3) is 49.9. The van der Waals surface area contributed by atoms with E-state index in [9.17, 15) is 0 Å². The SMILES string of the molecule is CCCCCCCC/C=C\CCCCCCCCOCC(C[N+](C)(C)CCOCCOCCOCCO)OCCCCCCCC/C=C\CCCCCCCC.[Br-]. The molecule has 0 aliphatic rings. The summed E-state index contributed by atoms with van der Waals surface area (Å²) in [6, 6.07) is 0. The van der Waals surface area contributed by atoms with Crippen molar-refractivity contribution < 1.29 is 50.3 Å². The topological polar surface area (TPSA) is 66.4 Å². The predicted octanol–water partition coefficient (Wildman–Crippen LogP) is 9.59. The number of aliphatic hydroxyl groups excluding tert-OH is 1. The molecule has 0 aromatic carbocycles. The summed E-state index contributed by atoms with van der Waals surface area (Å²) in [6.07, 6.45) is 46.8. The molecule has 1 atom stereocenters. The van der Waals surface area contributed by atoms with Gasteiger partial charge < -0.3 is 50.3 Å². The molecule has 1 unspecified atom stereocenters. The molecular weight excluding hydrogens is 778 g/mol. The van der Waals surface area contributed by atoms with Crippen molar-refractivity contribution in [1.82, 2.24) is 0 Å². The first-order chi connectivity index (χ1) is 27.6. The first-order valence-corrected chi connectivity index (χ1v) is 24.2. The number of hydrogen-bond donors (Lipinski definition) is 1. The maximum atomic E-state index is 8.77. The molecule has 0 aromatic heterocycles. The molecule has 0 rings (SSSR count). The summed E-state index contributed by atoms with van der Waals surface area (Å²) in [5.41, 5.74) is 0. The molecule has 7 nitrogen and oxygen atoms in total. The Labute approximate surface area is 366 Å². The van der Waals surface area contributed by atoms with Gasteiger partial charge in [0.1, 0.15) is 19.2 Å². The van der Waals surface area contributed by atoms with Crippen LogP contribution in [0.15, 0.2) is 24.3 Å². The highest BCUT2D eigenvalue weighted by molar-refractivity contribution is 4.82. The number of rotatable bonds is 48. The quantitative estimate of drug-likeness (QED) is 0.0374. The lowest BCUT2D eigenvalue weighted by molar-refractivity contribution is -0.894. The summed E-state index contributed by atoms with van der Waals surface area (Å²) in [4.78, 5) is 0. The number of nitrogens with zero attached hydrogens (tertiary/aromatic N) is 1. The fourth-order valence-electron chi connectivity index (χ4n) is 6.98. The molecule has 57 heavy (non-hydrogen) atoms. The molecule has 0 saturated heterocycles. The maximum Gasteiger partial charge on any atom is 0.130 e. The molecule has 0 radical (unpaired) electrons.